The van der Waals surface area contributed by atoms with Gasteiger partial charge in [-0.3, -0.25) is 9.69 Å². The van der Waals surface area contributed by atoms with E-state index < -0.39 is 0 Å². The van der Waals surface area contributed by atoms with Crippen LogP contribution in [0.3, 0.4) is 0 Å². The summed E-state index contributed by atoms with van der Waals surface area (Å²) in [7, 11) is 0. The number of ether oxygens (including phenoxy) is 1. The molecule has 0 saturated carbocycles. The van der Waals surface area contributed by atoms with Crippen molar-refractivity contribution in [2.24, 2.45) is 5.73 Å². The number of aromatic nitrogens is 2. The molecule has 1 atom stereocenters. The molecule has 3 rings (SSSR count). The van der Waals surface area contributed by atoms with Crippen molar-refractivity contribution >= 4 is 17.3 Å². The first-order valence-corrected chi connectivity index (χ1v) is 11.0. The zero-order valence-electron chi connectivity index (χ0n) is 17.8. The smallest absolute Gasteiger partial charge is 0.318 e. The van der Waals surface area contributed by atoms with Crippen LogP contribution in [0.5, 0.6) is 6.01 Å². The van der Waals surface area contributed by atoms with Crippen LogP contribution in [-0.2, 0) is 11.2 Å². The molecular weight excluding hydrogens is 380 g/mol. The number of nitrogens with zero attached hydrogens (tertiary/aromatic N) is 4. The normalized spacial score (nSPS) is 18.5. The van der Waals surface area contributed by atoms with Crippen molar-refractivity contribution in [2.45, 2.75) is 70.8 Å². The van der Waals surface area contributed by atoms with Crippen molar-refractivity contribution < 1.29 is 9.53 Å². The monoisotopic (exact) mass is 412 g/mol. The summed E-state index contributed by atoms with van der Waals surface area (Å²) in [4.78, 5) is 22.5. The van der Waals surface area contributed by atoms with Gasteiger partial charge in [0.15, 0.2) is 0 Å². The third-order valence-corrected chi connectivity index (χ3v) is 5.95. The number of amides is 1. The maximum absolute atomic E-state index is 11.5. The highest BCUT2D eigenvalue weighted by molar-refractivity contribution is 5.80. The van der Waals surface area contributed by atoms with Crippen LogP contribution in [0, 0.1) is 11.3 Å². The van der Waals surface area contributed by atoms with E-state index in [4.69, 9.17) is 16.2 Å². The fraction of sp³-hybridized carbons (Fsp3) is 0.636. The number of primary amides is 1. The number of nitrogen functional groups attached to an aromatic ring is 1. The second kappa shape index (κ2) is 10.4. The Labute approximate surface area is 178 Å². The average Bonchev–Trinajstić information content (AvgIpc) is 3.33. The van der Waals surface area contributed by atoms with Gasteiger partial charge in [-0.15, -0.1) is 0 Å². The number of carbonyl (C=O) groups is 1. The number of nitriles is 1. The van der Waals surface area contributed by atoms with Crippen LogP contribution in [0.15, 0.2) is 5.57 Å². The van der Waals surface area contributed by atoms with E-state index in [2.05, 4.69) is 27.9 Å². The van der Waals surface area contributed by atoms with Gasteiger partial charge in [-0.1, -0.05) is 19.8 Å². The maximum atomic E-state index is 11.5. The number of nitrogens with two attached hydrogens (primary N) is 2. The van der Waals surface area contributed by atoms with E-state index in [1.54, 1.807) is 0 Å². The Kier molecular flexibility index (Phi) is 7.63. The first kappa shape index (κ1) is 22.0. The molecule has 2 aliphatic rings. The van der Waals surface area contributed by atoms with Crippen molar-refractivity contribution in [3.05, 3.63) is 16.8 Å². The molecule has 0 unspecified atom stereocenters. The van der Waals surface area contributed by atoms with E-state index in [1.165, 1.54) is 0 Å². The third-order valence-electron chi connectivity index (χ3n) is 5.95. The number of fused-ring (bicyclic) bond motifs is 1. The molecule has 0 spiro atoms. The van der Waals surface area contributed by atoms with E-state index in [9.17, 15) is 10.1 Å². The molecule has 30 heavy (non-hydrogen) atoms. The number of likely N-dealkylation sites (tertiary alicyclic amines) is 1. The van der Waals surface area contributed by atoms with Gasteiger partial charge in [-0.05, 0) is 57.2 Å². The van der Waals surface area contributed by atoms with Crippen LogP contribution >= 0.6 is 0 Å². The molecule has 0 bridgehead atoms. The lowest BCUT2D eigenvalue weighted by molar-refractivity contribution is -0.122. The minimum atomic E-state index is -0.215. The molecule has 162 valence electrons. The van der Waals surface area contributed by atoms with Crippen LogP contribution in [0.2, 0.25) is 0 Å². The SMILES string of the molecule is CCCCOc1nc(N)c2c(n1)C(CCCCCN1CCC[C@H]1C(N)=O)=C(C#N)C2. The molecule has 1 aliphatic carbocycles. The van der Waals surface area contributed by atoms with Gasteiger partial charge >= 0.3 is 6.01 Å². The van der Waals surface area contributed by atoms with Gasteiger partial charge in [0.2, 0.25) is 5.91 Å². The van der Waals surface area contributed by atoms with Crippen LogP contribution in [0.4, 0.5) is 5.82 Å². The number of hydrogen-bond donors (Lipinski definition) is 2. The second-order valence-electron chi connectivity index (χ2n) is 8.07. The first-order valence-electron chi connectivity index (χ1n) is 11.0. The van der Waals surface area contributed by atoms with Gasteiger partial charge in [0, 0.05) is 17.6 Å². The molecule has 1 amide bonds. The molecule has 1 aromatic heterocycles. The van der Waals surface area contributed by atoms with Crippen LogP contribution in [0.25, 0.3) is 5.57 Å². The molecule has 0 radical (unpaired) electrons. The average molecular weight is 413 g/mol. The van der Waals surface area contributed by atoms with Gasteiger partial charge in [0.25, 0.3) is 0 Å². The number of rotatable bonds is 11. The predicted molar refractivity (Wildman–Crippen MR) is 115 cm³/mol. The summed E-state index contributed by atoms with van der Waals surface area (Å²) >= 11 is 0. The van der Waals surface area contributed by atoms with Crippen LogP contribution in [0.1, 0.15) is 69.5 Å². The van der Waals surface area contributed by atoms with Crippen molar-refractivity contribution in [3.8, 4) is 12.1 Å². The highest BCUT2D eigenvalue weighted by Crippen LogP contribution is 2.37. The number of anilines is 1. The zero-order chi connectivity index (χ0) is 21.5. The molecule has 1 aliphatic heterocycles. The minimum Gasteiger partial charge on any atom is -0.463 e. The molecule has 8 nitrogen and oxygen atoms in total. The Bertz CT molecular complexity index is 845. The summed E-state index contributed by atoms with van der Waals surface area (Å²) in [5.74, 6) is 0.189. The minimum absolute atomic E-state index is 0.106. The third kappa shape index (κ3) is 5.08. The number of unbranched alkanes of at least 4 members (excludes halogenated alkanes) is 3. The fourth-order valence-electron chi connectivity index (χ4n) is 4.29. The molecule has 2 heterocycles. The Morgan fingerprint density at radius 3 is 2.87 bits per heavy atom. The van der Waals surface area contributed by atoms with Crippen molar-refractivity contribution in [1.82, 2.24) is 14.9 Å². The van der Waals surface area contributed by atoms with Gasteiger partial charge in [0.05, 0.1) is 24.4 Å². The Morgan fingerprint density at radius 2 is 2.13 bits per heavy atom. The highest BCUT2D eigenvalue weighted by Gasteiger charge is 2.29. The lowest BCUT2D eigenvalue weighted by Crippen LogP contribution is -2.40. The number of allylic oxidation sites excluding steroid dienone is 2. The van der Waals surface area contributed by atoms with E-state index in [0.717, 1.165) is 86.9 Å². The van der Waals surface area contributed by atoms with E-state index >= 15 is 0 Å². The lowest BCUT2D eigenvalue weighted by Gasteiger charge is -2.21. The second-order valence-corrected chi connectivity index (χ2v) is 8.07. The summed E-state index contributed by atoms with van der Waals surface area (Å²) in [6.45, 7) is 4.49. The predicted octanol–water partition coefficient (Wildman–Crippen LogP) is 2.58. The summed E-state index contributed by atoms with van der Waals surface area (Å²) < 4.78 is 5.65. The van der Waals surface area contributed by atoms with E-state index in [-0.39, 0.29) is 11.9 Å². The summed E-state index contributed by atoms with van der Waals surface area (Å²) in [6.07, 6.45) is 8.10. The quantitative estimate of drug-likeness (QED) is 0.534. The lowest BCUT2D eigenvalue weighted by atomic mass is 10.0. The van der Waals surface area contributed by atoms with Gasteiger partial charge < -0.3 is 16.2 Å². The van der Waals surface area contributed by atoms with Crippen LogP contribution < -0.4 is 16.2 Å². The number of carbonyl (C=O) groups excluding carboxylic acids is 1. The molecule has 0 aromatic carbocycles. The molecular formula is C22H32N6O2. The van der Waals surface area contributed by atoms with Gasteiger partial charge in [-0.2, -0.15) is 15.2 Å². The Morgan fingerprint density at radius 1 is 1.30 bits per heavy atom. The highest BCUT2D eigenvalue weighted by atomic mass is 16.5. The Hall–Kier alpha value is -2.66. The largest absolute Gasteiger partial charge is 0.463 e. The molecule has 8 heteroatoms. The molecule has 1 aromatic rings. The van der Waals surface area contributed by atoms with Crippen molar-refractivity contribution in [2.75, 3.05) is 25.4 Å². The fourth-order valence-corrected chi connectivity index (χ4v) is 4.29. The molecule has 1 fully saturated rings. The van der Waals surface area contributed by atoms with E-state index in [0.29, 0.717) is 24.9 Å². The van der Waals surface area contributed by atoms with E-state index in [1.807, 2.05) is 0 Å². The maximum Gasteiger partial charge on any atom is 0.318 e. The summed E-state index contributed by atoms with van der Waals surface area (Å²) in [5.41, 5.74) is 14.9. The van der Waals surface area contributed by atoms with Crippen LogP contribution in [-0.4, -0.2) is 46.5 Å². The van der Waals surface area contributed by atoms with Gasteiger partial charge in [0.1, 0.15) is 5.82 Å². The summed E-state index contributed by atoms with van der Waals surface area (Å²) in [5, 5.41) is 9.59. The standard InChI is InChI=1S/C22H32N6O2/c1-2-3-12-30-22-26-19-16(15(14-23)13-17(19)20(24)27-22)8-5-4-6-10-28-11-7-9-18(28)21(25)29/h18H,2-13H2,1H3,(H2,25,29)(H2,24,26,27)/t18-/m0/s1. The van der Waals surface area contributed by atoms with Crippen molar-refractivity contribution in [3.63, 3.8) is 0 Å². The first-order chi connectivity index (χ1) is 14.5. The zero-order valence-corrected chi connectivity index (χ0v) is 17.8. The molecule has 1 saturated heterocycles. The molecule has 4 N–H and O–H groups in total. The number of hydrogen-bond acceptors (Lipinski definition) is 7. The Balaban J connectivity index is 1.57. The summed E-state index contributed by atoms with van der Waals surface area (Å²) in [6, 6.07) is 2.51. The topological polar surface area (TPSA) is 131 Å². The van der Waals surface area contributed by atoms with Crippen molar-refractivity contribution in [1.29, 1.82) is 5.26 Å². The van der Waals surface area contributed by atoms with Gasteiger partial charge in [-0.25, -0.2) is 0 Å².